The number of nitrogens with zero attached hydrogens (tertiary/aromatic N) is 2. The fraction of sp³-hybridized carbons (Fsp3) is 0.846. The number of hydrogen-bond donors (Lipinski definition) is 2. The number of ether oxygens (including phenoxy) is 1. The Balaban J connectivity index is 2.21. The van der Waals surface area contributed by atoms with E-state index in [9.17, 15) is 14.7 Å². The molecule has 2 saturated heterocycles. The van der Waals surface area contributed by atoms with Gasteiger partial charge in [0.15, 0.2) is 0 Å². The SMILES string of the molecule is C[C@@H]1CCC[C@H](O)C(C(N)=O)N1C(=O)N1CCOCC1. The molecule has 3 amide bonds. The monoisotopic (exact) mass is 285 g/mol. The lowest BCUT2D eigenvalue weighted by molar-refractivity contribution is -0.126. The highest BCUT2D eigenvalue weighted by molar-refractivity contribution is 5.87. The van der Waals surface area contributed by atoms with Crippen LogP contribution >= 0.6 is 0 Å². The van der Waals surface area contributed by atoms with Gasteiger partial charge in [-0.1, -0.05) is 0 Å². The van der Waals surface area contributed by atoms with Crippen LogP contribution in [0.15, 0.2) is 0 Å². The molecule has 0 radical (unpaired) electrons. The first-order valence-corrected chi connectivity index (χ1v) is 7.14. The fourth-order valence-electron chi connectivity index (χ4n) is 2.93. The zero-order chi connectivity index (χ0) is 14.7. The standard InChI is InChI=1S/C13H23N3O4/c1-9-3-2-4-10(17)11(12(14)18)16(9)13(19)15-5-7-20-8-6-15/h9-11,17H,2-8H2,1H3,(H2,14,18)/t9-,10+,11?/m1/s1. The Morgan fingerprint density at radius 3 is 2.50 bits per heavy atom. The molecule has 3 atom stereocenters. The van der Waals surface area contributed by atoms with Crippen molar-refractivity contribution in [3.63, 3.8) is 0 Å². The largest absolute Gasteiger partial charge is 0.390 e. The number of aliphatic hydroxyl groups is 1. The van der Waals surface area contributed by atoms with E-state index in [-0.39, 0.29) is 12.1 Å². The second-order valence-corrected chi connectivity index (χ2v) is 5.48. The summed E-state index contributed by atoms with van der Waals surface area (Å²) in [5.74, 6) is -0.646. The van der Waals surface area contributed by atoms with Crippen LogP contribution in [0, 0.1) is 0 Å². The minimum Gasteiger partial charge on any atom is -0.390 e. The van der Waals surface area contributed by atoms with Gasteiger partial charge in [-0.25, -0.2) is 4.79 Å². The van der Waals surface area contributed by atoms with Crippen LogP contribution in [-0.2, 0) is 9.53 Å². The molecule has 0 saturated carbocycles. The molecule has 114 valence electrons. The summed E-state index contributed by atoms with van der Waals surface area (Å²) in [6, 6.07) is -1.28. The average molecular weight is 285 g/mol. The average Bonchev–Trinajstić information content (AvgIpc) is 2.58. The van der Waals surface area contributed by atoms with Gasteiger partial charge in [0.25, 0.3) is 0 Å². The maximum absolute atomic E-state index is 12.7. The summed E-state index contributed by atoms with van der Waals surface area (Å²) in [6.07, 6.45) is 1.14. The summed E-state index contributed by atoms with van der Waals surface area (Å²) < 4.78 is 5.23. The number of carbonyl (C=O) groups is 2. The molecule has 7 nitrogen and oxygen atoms in total. The molecule has 3 N–H and O–H groups in total. The predicted octanol–water partition coefficient (Wildman–Crippen LogP) is -0.472. The quantitative estimate of drug-likeness (QED) is 0.680. The van der Waals surface area contributed by atoms with Gasteiger partial charge < -0.3 is 25.4 Å². The number of morpholine rings is 1. The van der Waals surface area contributed by atoms with Gasteiger partial charge in [-0.2, -0.15) is 0 Å². The Morgan fingerprint density at radius 1 is 1.25 bits per heavy atom. The first-order valence-electron chi connectivity index (χ1n) is 7.14. The zero-order valence-electron chi connectivity index (χ0n) is 11.8. The molecule has 20 heavy (non-hydrogen) atoms. The molecule has 2 aliphatic heterocycles. The van der Waals surface area contributed by atoms with Crippen LogP contribution in [0.3, 0.4) is 0 Å². The molecular weight excluding hydrogens is 262 g/mol. The first-order chi connectivity index (χ1) is 9.52. The molecule has 2 fully saturated rings. The summed E-state index contributed by atoms with van der Waals surface area (Å²) in [5.41, 5.74) is 5.41. The lowest BCUT2D eigenvalue weighted by atomic mass is 10.1. The lowest BCUT2D eigenvalue weighted by Gasteiger charge is -2.39. The van der Waals surface area contributed by atoms with Gasteiger partial charge in [-0.05, 0) is 26.2 Å². The van der Waals surface area contributed by atoms with Gasteiger partial charge in [0.1, 0.15) is 6.04 Å². The zero-order valence-corrected chi connectivity index (χ0v) is 11.8. The Labute approximate surface area is 118 Å². The minimum absolute atomic E-state index is 0.111. The molecule has 1 unspecified atom stereocenters. The van der Waals surface area contributed by atoms with Crippen molar-refractivity contribution in [3.8, 4) is 0 Å². The van der Waals surface area contributed by atoms with Gasteiger partial charge in [-0.15, -0.1) is 0 Å². The maximum Gasteiger partial charge on any atom is 0.321 e. The van der Waals surface area contributed by atoms with E-state index >= 15 is 0 Å². The van der Waals surface area contributed by atoms with Crippen molar-refractivity contribution in [3.05, 3.63) is 0 Å². The molecule has 2 rings (SSSR count). The van der Waals surface area contributed by atoms with Crippen molar-refractivity contribution < 1.29 is 19.4 Å². The van der Waals surface area contributed by atoms with Crippen molar-refractivity contribution in [1.29, 1.82) is 0 Å². The highest BCUT2D eigenvalue weighted by Gasteiger charge is 2.40. The number of amides is 3. The Bertz CT molecular complexity index is 371. The van der Waals surface area contributed by atoms with Gasteiger partial charge in [0, 0.05) is 19.1 Å². The molecule has 0 aromatic carbocycles. The number of nitrogens with two attached hydrogens (primary N) is 1. The third-order valence-corrected chi connectivity index (χ3v) is 4.05. The third-order valence-electron chi connectivity index (χ3n) is 4.05. The summed E-state index contributed by atoms with van der Waals surface area (Å²) >= 11 is 0. The fourth-order valence-corrected chi connectivity index (χ4v) is 2.93. The minimum atomic E-state index is -0.942. The number of hydrogen-bond acceptors (Lipinski definition) is 4. The van der Waals surface area contributed by atoms with E-state index in [0.717, 1.165) is 12.8 Å². The van der Waals surface area contributed by atoms with Crippen molar-refractivity contribution in [2.75, 3.05) is 26.3 Å². The van der Waals surface area contributed by atoms with Crippen molar-refractivity contribution in [2.24, 2.45) is 5.73 Å². The highest BCUT2D eigenvalue weighted by Crippen LogP contribution is 2.24. The normalized spacial score (nSPS) is 31.8. The van der Waals surface area contributed by atoms with Gasteiger partial charge in [0.05, 0.1) is 19.3 Å². The molecule has 2 heterocycles. The van der Waals surface area contributed by atoms with E-state index in [2.05, 4.69) is 0 Å². The van der Waals surface area contributed by atoms with Gasteiger partial charge in [0.2, 0.25) is 5.91 Å². The molecular formula is C13H23N3O4. The number of primary amides is 1. The molecule has 0 spiro atoms. The van der Waals surface area contributed by atoms with Crippen molar-refractivity contribution in [1.82, 2.24) is 9.80 Å². The molecule has 0 bridgehead atoms. The predicted molar refractivity (Wildman–Crippen MR) is 71.9 cm³/mol. The first kappa shape index (κ1) is 15.1. The summed E-state index contributed by atoms with van der Waals surface area (Å²) in [5, 5.41) is 10.1. The van der Waals surface area contributed by atoms with Crippen LogP contribution in [0.5, 0.6) is 0 Å². The van der Waals surface area contributed by atoms with Crippen LogP contribution in [0.1, 0.15) is 26.2 Å². The maximum atomic E-state index is 12.7. The summed E-state index contributed by atoms with van der Waals surface area (Å²) in [4.78, 5) is 27.5. The Morgan fingerprint density at radius 2 is 1.90 bits per heavy atom. The second kappa shape index (κ2) is 6.41. The van der Waals surface area contributed by atoms with E-state index < -0.39 is 18.1 Å². The topological polar surface area (TPSA) is 96.1 Å². The van der Waals surface area contributed by atoms with Crippen molar-refractivity contribution in [2.45, 2.75) is 44.4 Å². The summed E-state index contributed by atoms with van der Waals surface area (Å²) in [6.45, 7) is 3.90. The molecule has 0 aliphatic carbocycles. The Kier molecular flexibility index (Phi) is 4.82. The van der Waals surface area contributed by atoms with Gasteiger partial charge >= 0.3 is 6.03 Å². The number of likely N-dealkylation sites (tertiary alicyclic amines) is 1. The van der Waals surface area contributed by atoms with Crippen LogP contribution in [0.2, 0.25) is 0 Å². The van der Waals surface area contributed by atoms with E-state index in [4.69, 9.17) is 10.5 Å². The highest BCUT2D eigenvalue weighted by atomic mass is 16.5. The number of rotatable bonds is 1. The lowest BCUT2D eigenvalue weighted by Crippen LogP contribution is -2.60. The van der Waals surface area contributed by atoms with E-state index in [1.165, 1.54) is 4.90 Å². The third kappa shape index (κ3) is 3.04. The molecule has 7 heteroatoms. The van der Waals surface area contributed by atoms with Crippen molar-refractivity contribution >= 4 is 11.9 Å². The molecule has 0 aromatic rings. The number of aliphatic hydroxyl groups excluding tert-OH is 1. The van der Waals surface area contributed by atoms with E-state index in [1.807, 2.05) is 6.92 Å². The van der Waals surface area contributed by atoms with Crippen LogP contribution < -0.4 is 5.73 Å². The van der Waals surface area contributed by atoms with E-state index in [1.54, 1.807) is 4.90 Å². The number of urea groups is 1. The number of carbonyl (C=O) groups excluding carboxylic acids is 2. The van der Waals surface area contributed by atoms with Crippen LogP contribution in [0.25, 0.3) is 0 Å². The molecule has 2 aliphatic rings. The van der Waals surface area contributed by atoms with Crippen LogP contribution in [-0.4, -0.2) is 71.3 Å². The van der Waals surface area contributed by atoms with Crippen LogP contribution in [0.4, 0.5) is 4.79 Å². The Hall–Kier alpha value is -1.34. The van der Waals surface area contributed by atoms with Gasteiger partial charge in [-0.3, -0.25) is 4.79 Å². The second-order valence-electron chi connectivity index (χ2n) is 5.48. The molecule has 0 aromatic heterocycles. The van der Waals surface area contributed by atoms with E-state index in [0.29, 0.717) is 32.7 Å². The summed E-state index contributed by atoms with van der Waals surface area (Å²) in [7, 11) is 0. The smallest absolute Gasteiger partial charge is 0.321 e.